The molecule has 15 heavy (non-hydrogen) atoms. The molecule has 0 atom stereocenters. The number of hydrogen-bond acceptors (Lipinski definition) is 3. The molecule has 1 fully saturated rings. The molecule has 1 saturated carbocycles. The van der Waals surface area contributed by atoms with Crippen molar-refractivity contribution in [3.05, 3.63) is 23.9 Å². The first-order chi connectivity index (χ1) is 7.16. The Labute approximate surface area is 88.9 Å². The molecule has 1 aromatic heterocycles. The summed E-state index contributed by atoms with van der Waals surface area (Å²) in [6.45, 7) is 2.32. The van der Waals surface area contributed by atoms with Crippen LogP contribution in [0, 0.1) is 12.3 Å². The number of carbonyl (C=O) groups is 1. The maximum Gasteiger partial charge on any atom is 0.233 e. The quantitative estimate of drug-likeness (QED) is 0.775. The molecule has 0 radical (unpaired) electrons. The third-order valence-corrected chi connectivity index (χ3v) is 2.86. The SMILES string of the molecule is Cc1cccc(NC(=O)C2(CN)CC2)n1. The molecule has 0 bridgehead atoms. The van der Waals surface area contributed by atoms with E-state index < -0.39 is 0 Å². The number of anilines is 1. The van der Waals surface area contributed by atoms with Crippen LogP contribution in [-0.4, -0.2) is 17.4 Å². The van der Waals surface area contributed by atoms with Crippen LogP contribution in [0.1, 0.15) is 18.5 Å². The first kappa shape index (κ1) is 10.1. The van der Waals surface area contributed by atoms with Gasteiger partial charge in [-0.25, -0.2) is 4.98 Å². The summed E-state index contributed by atoms with van der Waals surface area (Å²) in [5.74, 6) is 0.614. The van der Waals surface area contributed by atoms with Crippen LogP contribution in [0.2, 0.25) is 0 Å². The lowest BCUT2D eigenvalue weighted by Gasteiger charge is -2.12. The zero-order valence-electron chi connectivity index (χ0n) is 8.79. The predicted molar refractivity (Wildman–Crippen MR) is 58.3 cm³/mol. The van der Waals surface area contributed by atoms with Crippen molar-refractivity contribution in [2.24, 2.45) is 11.1 Å². The van der Waals surface area contributed by atoms with Gasteiger partial charge in [-0.1, -0.05) is 6.07 Å². The summed E-state index contributed by atoms with van der Waals surface area (Å²) >= 11 is 0. The second kappa shape index (κ2) is 3.62. The highest BCUT2D eigenvalue weighted by molar-refractivity contribution is 5.96. The van der Waals surface area contributed by atoms with Gasteiger partial charge in [0.2, 0.25) is 5.91 Å². The lowest BCUT2D eigenvalue weighted by Crippen LogP contribution is -2.31. The Morgan fingerprint density at radius 3 is 2.87 bits per heavy atom. The number of aryl methyl sites for hydroxylation is 1. The molecule has 4 heteroatoms. The lowest BCUT2D eigenvalue weighted by atomic mass is 10.1. The van der Waals surface area contributed by atoms with Crippen molar-refractivity contribution < 1.29 is 4.79 Å². The van der Waals surface area contributed by atoms with E-state index in [1.165, 1.54) is 0 Å². The predicted octanol–water partition coefficient (Wildman–Crippen LogP) is 1.07. The zero-order valence-corrected chi connectivity index (χ0v) is 8.79. The number of nitrogens with zero attached hydrogens (tertiary/aromatic N) is 1. The Hall–Kier alpha value is -1.42. The zero-order chi connectivity index (χ0) is 10.9. The second-order valence-electron chi connectivity index (χ2n) is 4.10. The first-order valence-electron chi connectivity index (χ1n) is 5.11. The van der Waals surface area contributed by atoms with Gasteiger partial charge < -0.3 is 11.1 Å². The molecule has 1 heterocycles. The molecule has 1 aliphatic carbocycles. The molecule has 1 aliphatic rings. The smallest absolute Gasteiger partial charge is 0.233 e. The van der Waals surface area contributed by atoms with Gasteiger partial charge in [-0.2, -0.15) is 0 Å². The monoisotopic (exact) mass is 205 g/mol. The van der Waals surface area contributed by atoms with Crippen LogP contribution in [0.25, 0.3) is 0 Å². The molecule has 4 nitrogen and oxygen atoms in total. The highest BCUT2D eigenvalue weighted by Crippen LogP contribution is 2.45. The lowest BCUT2D eigenvalue weighted by molar-refractivity contribution is -0.120. The van der Waals surface area contributed by atoms with E-state index in [4.69, 9.17) is 5.73 Å². The number of amides is 1. The molecule has 1 amide bonds. The number of aromatic nitrogens is 1. The molecule has 0 aliphatic heterocycles. The van der Waals surface area contributed by atoms with Crippen molar-refractivity contribution in [1.82, 2.24) is 4.98 Å². The highest BCUT2D eigenvalue weighted by Gasteiger charge is 2.48. The number of rotatable bonds is 3. The molecule has 0 aromatic carbocycles. The van der Waals surface area contributed by atoms with Crippen LogP contribution < -0.4 is 11.1 Å². The average Bonchev–Trinajstić information content (AvgIpc) is 2.98. The van der Waals surface area contributed by atoms with Crippen molar-refractivity contribution in [2.45, 2.75) is 19.8 Å². The van der Waals surface area contributed by atoms with Gasteiger partial charge in [0.05, 0.1) is 5.41 Å². The summed E-state index contributed by atoms with van der Waals surface area (Å²) < 4.78 is 0. The normalized spacial score (nSPS) is 17.2. The summed E-state index contributed by atoms with van der Waals surface area (Å²) in [4.78, 5) is 16.0. The van der Waals surface area contributed by atoms with Crippen molar-refractivity contribution in [3.8, 4) is 0 Å². The summed E-state index contributed by atoms with van der Waals surface area (Å²) in [5, 5.41) is 2.81. The minimum absolute atomic E-state index is 0.00287. The van der Waals surface area contributed by atoms with Gasteiger partial charge in [0, 0.05) is 12.2 Å². The molecule has 0 unspecified atom stereocenters. The molecule has 2 rings (SSSR count). The Morgan fingerprint density at radius 1 is 1.60 bits per heavy atom. The molecule has 0 spiro atoms. The number of carbonyl (C=O) groups excluding carboxylic acids is 1. The third kappa shape index (κ3) is 1.99. The Bertz CT molecular complexity index is 385. The second-order valence-corrected chi connectivity index (χ2v) is 4.10. The molecular weight excluding hydrogens is 190 g/mol. The van der Waals surface area contributed by atoms with Gasteiger partial charge in [0.25, 0.3) is 0 Å². The molecule has 1 aromatic rings. The number of nitrogens with one attached hydrogen (secondary N) is 1. The van der Waals surface area contributed by atoms with E-state index >= 15 is 0 Å². The average molecular weight is 205 g/mol. The number of pyridine rings is 1. The van der Waals surface area contributed by atoms with Crippen molar-refractivity contribution >= 4 is 11.7 Å². The van der Waals surface area contributed by atoms with E-state index in [0.29, 0.717) is 12.4 Å². The largest absolute Gasteiger partial charge is 0.329 e. The minimum atomic E-state index is -0.314. The topological polar surface area (TPSA) is 68.0 Å². The van der Waals surface area contributed by atoms with Crippen molar-refractivity contribution in [2.75, 3.05) is 11.9 Å². The number of hydrogen-bond donors (Lipinski definition) is 2. The van der Waals surface area contributed by atoms with Gasteiger partial charge >= 0.3 is 0 Å². The maximum atomic E-state index is 11.8. The number of nitrogens with two attached hydrogens (primary N) is 1. The Kier molecular flexibility index (Phi) is 2.44. The first-order valence-corrected chi connectivity index (χ1v) is 5.11. The Morgan fingerprint density at radius 2 is 2.33 bits per heavy atom. The van der Waals surface area contributed by atoms with Gasteiger partial charge in [0.15, 0.2) is 0 Å². The summed E-state index contributed by atoms with van der Waals surface area (Å²) in [5.41, 5.74) is 6.15. The summed E-state index contributed by atoms with van der Waals surface area (Å²) in [6.07, 6.45) is 1.78. The van der Waals surface area contributed by atoms with E-state index in [0.717, 1.165) is 18.5 Å². The van der Waals surface area contributed by atoms with Crippen LogP contribution >= 0.6 is 0 Å². The molecular formula is C11H15N3O. The van der Waals surface area contributed by atoms with Crippen molar-refractivity contribution in [3.63, 3.8) is 0 Å². The van der Waals surface area contributed by atoms with E-state index in [2.05, 4.69) is 10.3 Å². The van der Waals surface area contributed by atoms with Gasteiger partial charge in [-0.05, 0) is 31.9 Å². The standard InChI is InChI=1S/C11H15N3O/c1-8-3-2-4-9(13-8)14-10(15)11(7-12)5-6-11/h2-4H,5-7,12H2,1H3,(H,13,14,15). The van der Waals surface area contributed by atoms with Gasteiger partial charge in [-0.3, -0.25) is 4.79 Å². The van der Waals surface area contributed by atoms with Crippen LogP contribution in [-0.2, 0) is 4.79 Å². The molecule has 3 N–H and O–H groups in total. The fraction of sp³-hybridized carbons (Fsp3) is 0.455. The fourth-order valence-corrected chi connectivity index (χ4v) is 1.54. The van der Waals surface area contributed by atoms with Crippen LogP contribution in [0.3, 0.4) is 0 Å². The Balaban J connectivity index is 2.06. The molecule has 0 saturated heterocycles. The van der Waals surface area contributed by atoms with Crippen LogP contribution in [0.4, 0.5) is 5.82 Å². The van der Waals surface area contributed by atoms with E-state index in [1.807, 2.05) is 19.1 Å². The van der Waals surface area contributed by atoms with E-state index in [1.54, 1.807) is 6.07 Å². The summed E-state index contributed by atoms with van der Waals surface area (Å²) in [6, 6.07) is 5.56. The molecule has 80 valence electrons. The highest BCUT2D eigenvalue weighted by atomic mass is 16.2. The van der Waals surface area contributed by atoms with Gasteiger partial charge in [0.1, 0.15) is 5.82 Å². The van der Waals surface area contributed by atoms with Crippen molar-refractivity contribution in [1.29, 1.82) is 0 Å². The minimum Gasteiger partial charge on any atom is -0.329 e. The fourth-order valence-electron chi connectivity index (χ4n) is 1.54. The summed E-state index contributed by atoms with van der Waals surface area (Å²) in [7, 11) is 0. The van der Waals surface area contributed by atoms with Crippen LogP contribution in [0.5, 0.6) is 0 Å². The van der Waals surface area contributed by atoms with E-state index in [-0.39, 0.29) is 11.3 Å². The maximum absolute atomic E-state index is 11.8. The van der Waals surface area contributed by atoms with Gasteiger partial charge in [-0.15, -0.1) is 0 Å². The third-order valence-electron chi connectivity index (χ3n) is 2.86. The van der Waals surface area contributed by atoms with E-state index in [9.17, 15) is 4.79 Å². The van der Waals surface area contributed by atoms with Crippen LogP contribution in [0.15, 0.2) is 18.2 Å².